The van der Waals surface area contributed by atoms with Crippen LogP contribution in [0.4, 0.5) is 0 Å². The molecule has 0 radical (unpaired) electrons. The first-order valence-electron chi connectivity index (χ1n) is 9.58. The number of amides is 1. The third-order valence-electron chi connectivity index (χ3n) is 5.34. The molecule has 6 heteroatoms. The molecule has 154 valence electrons. The standard InChI is InChI=1S/C23H26ClNO4/c1-27-20-9-6-18(15-21(20)28-2)23(11-13-29-14-12-23)16-25-22(26)10-5-17-3-7-19(24)8-4-17/h3-10,15H,11-14,16H2,1-2H3,(H,25,26). The zero-order valence-corrected chi connectivity index (χ0v) is 17.5. The van der Waals surface area contributed by atoms with Crippen molar-refractivity contribution in [1.82, 2.24) is 5.32 Å². The highest BCUT2D eigenvalue weighted by atomic mass is 35.5. The van der Waals surface area contributed by atoms with Gasteiger partial charge < -0.3 is 19.5 Å². The van der Waals surface area contributed by atoms with Gasteiger partial charge in [-0.2, -0.15) is 0 Å². The molecule has 0 bridgehead atoms. The Hall–Kier alpha value is -2.50. The highest BCUT2D eigenvalue weighted by molar-refractivity contribution is 6.30. The maximum atomic E-state index is 12.4. The van der Waals surface area contributed by atoms with Gasteiger partial charge in [0.15, 0.2) is 11.5 Å². The van der Waals surface area contributed by atoms with E-state index in [-0.39, 0.29) is 11.3 Å². The topological polar surface area (TPSA) is 56.8 Å². The molecule has 5 nitrogen and oxygen atoms in total. The third kappa shape index (κ3) is 5.31. The first kappa shape index (κ1) is 21.2. The molecule has 0 atom stereocenters. The number of rotatable bonds is 7. The molecule has 0 spiro atoms. The normalized spacial score (nSPS) is 15.8. The lowest BCUT2D eigenvalue weighted by molar-refractivity contribution is -0.116. The Balaban J connectivity index is 1.73. The average molecular weight is 416 g/mol. The van der Waals surface area contributed by atoms with E-state index in [0.29, 0.717) is 36.3 Å². The molecule has 1 N–H and O–H groups in total. The van der Waals surface area contributed by atoms with Crippen LogP contribution in [0.3, 0.4) is 0 Å². The van der Waals surface area contributed by atoms with E-state index in [2.05, 4.69) is 5.32 Å². The van der Waals surface area contributed by atoms with E-state index in [9.17, 15) is 4.79 Å². The van der Waals surface area contributed by atoms with Crippen LogP contribution in [0.1, 0.15) is 24.0 Å². The highest BCUT2D eigenvalue weighted by Gasteiger charge is 2.35. The number of ether oxygens (including phenoxy) is 3. The molecule has 1 aliphatic rings. The Morgan fingerprint density at radius 1 is 1.10 bits per heavy atom. The Kier molecular flexibility index (Phi) is 7.18. The Morgan fingerprint density at radius 3 is 2.45 bits per heavy atom. The van der Waals surface area contributed by atoms with Crippen molar-refractivity contribution in [2.45, 2.75) is 18.3 Å². The van der Waals surface area contributed by atoms with Gasteiger partial charge in [-0.1, -0.05) is 29.8 Å². The fraction of sp³-hybridized carbons (Fsp3) is 0.348. The van der Waals surface area contributed by atoms with Gasteiger partial charge in [0.25, 0.3) is 0 Å². The molecule has 0 unspecified atom stereocenters. The predicted octanol–water partition coefficient (Wildman–Crippen LogP) is 4.24. The highest BCUT2D eigenvalue weighted by Crippen LogP contribution is 2.38. The number of hydrogen-bond acceptors (Lipinski definition) is 4. The molecule has 2 aromatic rings. The Bertz CT molecular complexity index is 858. The van der Waals surface area contributed by atoms with Gasteiger partial charge in [-0.25, -0.2) is 0 Å². The van der Waals surface area contributed by atoms with Gasteiger partial charge in [0.05, 0.1) is 14.2 Å². The molecule has 29 heavy (non-hydrogen) atoms. The van der Waals surface area contributed by atoms with Crippen LogP contribution in [0.15, 0.2) is 48.5 Å². The smallest absolute Gasteiger partial charge is 0.244 e. The summed E-state index contributed by atoms with van der Waals surface area (Å²) in [5.74, 6) is 1.24. The molecule has 1 heterocycles. The van der Waals surface area contributed by atoms with Gasteiger partial charge in [0, 0.05) is 36.3 Å². The fourth-order valence-corrected chi connectivity index (χ4v) is 3.68. The van der Waals surface area contributed by atoms with Crippen LogP contribution in [0.25, 0.3) is 6.08 Å². The number of halogens is 1. The van der Waals surface area contributed by atoms with E-state index >= 15 is 0 Å². The minimum absolute atomic E-state index is 0.133. The monoisotopic (exact) mass is 415 g/mol. The largest absolute Gasteiger partial charge is 0.493 e. The van der Waals surface area contributed by atoms with Crippen molar-refractivity contribution >= 4 is 23.6 Å². The number of methoxy groups -OCH3 is 2. The van der Waals surface area contributed by atoms with Crippen LogP contribution >= 0.6 is 11.6 Å². The lowest BCUT2D eigenvalue weighted by Gasteiger charge is -2.38. The molecule has 0 saturated carbocycles. The second kappa shape index (κ2) is 9.81. The van der Waals surface area contributed by atoms with Crippen LogP contribution in [-0.4, -0.2) is 39.9 Å². The summed E-state index contributed by atoms with van der Waals surface area (Å²) in [6, 6.07) is 13.3. The van der Waals surface area contributed by atoms with Gasteiger partial charge in [-0.15, -0.1) is 0 Å². The predicted molar refractivity (Wildman–Crippen MR) is 115 cm³/mol. The van der Waals surface area contributed by atoms with Crippen molar-refractivity contribution in [3.63, 3.8) is 0 Å². The molecule has 1 amide bonds. The third-order valence-corrected chi connectivity index (χ3v) is 5.60. The molecule has 1 saturated heterocycles. The fourth-order valence-electron chi connectivity index (χ4n) is 3.56. The number of carbonyl (C=O) groups excluding carboxylic acids is 1. The zero-order valence-electron chi connectivity index (χ0n) is 16.7. The van der Waals surface area contributed by atoms with Crippen molar-refractivity contribution < 1.29 is 19.0 Å². The van der Waals surface area contributed by atoms with Gasteiger partial charge in [0.2, 0.25) is 5.91 Å². The number of hydrogen-bond donors (Lipinski definition) is 1. The molecule has 0 aromatic heterocycles. The number of nitrogens with one attached hydrogen (secondary N) is 1. The Labute approximate surface area is 176 Å². The van der Waals surface area contributed by atoms with Crippen molar-refractivity contribution in [3.8, 4) is 11.5 Å². The molecule has 2 aromatic carbocycles. The SMILES string of the molecule is COc1ccc(C2(CNC(=O)C=Cc3ccc(Cl)cc3)CCOCC2)cc1OC. The molecular weight excluding hydrogens is 390 g/mol. The van der Waals surface area contributed by atoms with E-state index in [0.717, 1.165) is 24.0 Å². The summed E-state index contributed by atoms with van der Waals surface area (Å²) in [6.07, 6.45) is 4.97. The van der Waals surface area contributed by atoms with Gasteiger partial charge >= 0.3 is 0 Å². The van der Waals surface area contributed by atoms with Crippen LogP contribution < -0.4 is 14.8 Å². The minimum atomic E-state index is -0.207. The summed E-state index contributed by atoms with van der Waals surface area (Å²) in [4.78, 5) is 12.4. The first-order chi connectivity index (χ1) is 14.1. The van der Waals surface area contributed by atoms with Crippen molar-refractivity contribution in [2.75, 3.05) is 34.0 Å². The van der Waals surface area contributed by atoms with E-state index < -0.39 is 0 Å². The summed E-state index contributed by atoms with van der Waals surface area (Å²) in [6.45, 7) is 1.84. The number of carbonyl (C=O) groups is 1. The maximum Gasteiger partial charge on any atom is 0.244 e. The molecule has 1 aliphatic heterocycles. The maximum absolute atomic E-state index is 12.4. The molecule has 3 rings (SSSR count). The van der Waals surface area contributed by atoms with E-state index in [1.165, 1.54) is 0 Å². The average Bonchev–Trinajstić information content (AvgIpc) is 2.77. The summed E-state index contributed by atoms with van der Waals surface area (Å²) in [5, 5.41) is 3.73. The van der Waals surface area contributed by atoms with E-state index in [1.807, 2.05) is 30.3 Å². The first-order valence-corrected chi connectivity index (χ1v) is 9.96. The summed E-state index contributed by atoms with van der Waals surface area (Å²) in [5.41, 5.74) is 1.83. The molecule has 1 fully saturated rings. The zero-order chi connectivity index (χ0) is 20.7. The lowest BCUT2D eigenvalue weighted by Crippen LogP contribution is -2.44. The summed E-state index contributed by atoms with van der Waals surface area (Å²) >= 11 is 5.89. The van der Waals surface area contributed by atoms with Crippen molar-refractivity contribution in [2.24, 2.45) is 0 Å². The van der Waals surface area contributed by atoms with Gasteiger partial charge in [-0.05, 0) is 54.3 Å². The molecule has 0 aliphatic carbocycles. The second-order valence-corrected chi connectivity index (χ2v) is 7.50. The summed E-state index contributed by atoms with van der Waals surface area (Å²) in [7, 11) is 3.25. The lowest BCUT2D eigenvalue weighted by atomic mass is 9.74. The van der Waals surface area contributed by atoms with Crippen molar-refractivity contribution in [3.05, 3.63) is 64.7 Å². The minimum Gasteiger partial charge on any atom is -0.493 e. The quantitative estimate of drug-likeness (QED) is 0.687. The second-order valence-electron chi connectivity index (χ2n) is 7.07. The summed E-state index contributed by atoms with van der Waals surface area (Å²) < 4.78 is 16.4. The van der Waals surface area contributed by atoms with Crippen LogP contribution in [-0.2, 0) is 14.9 Å². The van der Waals surface area contributed by atoms with Crippen LogP contribution in [0.2, 0.25) is 5.02 Å². The van der Waals surface area contributed by atoms with Crippen LogP contribution in [0.5, 0.6) is 11.5 Å². The molecular formula is C23H26ClNO4. The van der Waals surface area contributed by atoms with Gasteiger partial charge in [0.1, 0.15) is 0 Å². The van der Waals surface area contributed by atoms with E-state index in [4.69, 9.17) is 25.8 Å². The van der Waals surface area contributed by atoms with Gasteiger partial charge in [-0.3, -0.25) is 4.79 Å². The van der Waals surface area contributed by atoms with E-state index in [1.54, 1.807) is 38.5 Å². The number of benzene rings is 2. The Morgan fingerprint density at radius 2 is 1.79 bits per heavy atom. The van der Waals surface area contributed by atoms with Crippen LogP contribution in [0, 0.1) is 0 Å². The van der Waals surface area contributed by atoms with Crippen molar-refractivity contribution in [1.29, 1.82) is 0 Å².